The van der Waals surface area contributed by atoms with E-state index in [0.717, 1.165) is 0 Å². The second kappa shape index (κ2) is 4.33. The van der Waals surface area contributed by atoms with Crippen LogP contribution in [0.4, 0.5) is 17.6 Å². The summed E-state index contributed by atoms with van der Waals surface area (Å²) in [5.41, 5.74) is 0. The Morgan fingerprint density at radius 1 is 1.53 bits per heavy atom. The van der Waals surface area contributed by atoms with Gasteiger partial charge in [-0.2, -0.15) is 8.78 Å². The lowest BCUT2D eigenvalue weighted by atomic mass is 10.3. The quantitative estimate of drug-likeness (QED) is 0.795. The Labute approximate surface area is 82.1 Å². The zero-order valence-corrected chi connectivity index (χ0v) is 7.34. The third-order valence-corrected chi connectivity index (χ3v) is 1.55. The van der Waals surface area contributed by atoms with Gasteiger partial charge in [-0.15, -0.1) is 0 Å². The van der Waals surface area contributed by atoms with Crippen LogP contribution in [0.3, 0.4) is 0 Å². The van der Waals surface area contributed by atoms with Crippen molar-refractivity contribution in [3.05, 3.63) is 24.2 Å². The molecule has 84 valence electrons. The Hall–Kier alpha value is -1.53. The molecule has 1 N–H and O–H groups in total. The second-order valence-electron chi connectivity index (χ2n) is 2.72. The van der Waals surface area contributed by atoms with Gasteiger partial charge in [0.15, 0.2) is 5.76 Å². The predicted molar refractivity (Wildman–Crippen MR) is 42.0 cm³/mol. The van der Waals surface area contributed by atoms with E-state index < -0.39 is 24.8 Å². The highest BCUT2D eigenvalue weighted by molar-refractivity contribution is 5.91. The van der Waals surface area contributed by atoms with E-state index in [9.17, 15) is 22.4 Å². The van der Waals surface area contributed by atoms with E-state index in [-0.39, 0.29) is 5.76 Å². The largest absolute Gasteiger partial charge is 0.459 e. The van der Waals surface area contributed by atoms with Crippen molar-refractivity contribution in [2.45, 2.75) is 12.3 Å². The maximum atomic E-state index is 12.4. The first-order valence-electron chi connectivity index (χ1n) is 3.91. The van der Waals surface area contributed by atoms with Crippen molar-refractivity contribution in [3.63, 3.8) is 0 Å². The van der Waals surface area contributed by atoms with Crippen LogP contribution < -0.4 is 5.32 Å². The van der Waals surface area contributed by atoms with Gasteiger partial charge in [-0.1, -0.05) is 0 Å². The van der Waals surface area contributed by atoms with Crippen LogP contribution in [-0.4, -0.2) is 24.8 Å². The van der Waals surface area contributed by atoms with Crippen LogP contribution in [-0.2, 0) is 0 Å². The van der Waals surface area contributed by atoms with Crippen LogP contribution >= 0.6 is 0 Å². The number of hydrogen-bond donors (Lipinski definition) is 1. The number of halogens is 4. The molecule has 3 nitrogen and oxygen atoms in total. The summed E-state index contributed by atoms with van der Waals surface area (Å²) in [5, 5.41) is 1.64. The van der Waals surface area contributed by atoms with E-state index >= 15 is 0 Å². The summed E-state index contributed by atoms with van der Waals surface area (Å²) in [4.78, 5) is 11.0. The average molecular weight is 225 g/mol. The SMILES string of the molecule is O=C(NCC(F)(F)C(F)F)c1ccco1. The topological polar surface area (TPSA) is 42.2 Å². The first-order valence-corrected chi connectivity index (χ1v) is 3.91. The lowest BCUT2D eigenvalue weighted by molar-refractivity contribution is -0.123. The molecule has 1 amide bonds. The van der Waals surface area contributed by atoms with Gasteiger partial charge in [0.05, 0.1) is 12.8 Å². The minimum absolute atomic E-state index is 0.208. The number of hydrogen-bond acceptors (Lipinski definition) is 2. The fraction of sp³-hybridized carbons (Fsp3) is 0.375. The molecule has 0 spiro atoms. The van der Waals surface area contributed by atoms with Gasteiger partial charge < -0.3 is 9.73 Å². The lowest BCUT2D eigenvalue weighted by Gasteiger charge is -2.14. The maximum Gasteiger partial charge on any atom is 0.324 e. The van der Waals surface area contributed by atoms with Crippen molar-refractivity contribution in [1.82, 2.24) is 5.32 Å². The minimum atomic E-state index is -4.23. The summed E-state index contributed by atoms with van der Waals surface area (Å²) in [7, 11) is 0. The molecule has 0 aromatic carbocycles. The van der Waals surface area contributed by atoms with E-state index in [0.29, 0.717) is 0 Å². The highest BCUT2D eigenvalue weighted by Gasteiger charge is 2.40. The molecular weight excluding hydrogens is 218 g/mol. The Morgan fingerprint density at radius 3 is 2.67 bits per heavy atom. The molecule has 0 saturated heterocycles. The van der Waals surface area contributed by atoms with E-state index in [1.54, 1.807) is 5.32 Å². The van der Waals surface area contributed by atoms with Gasteiger partial charge in [-0.05, 0) is 12.1 Å². The van der Waals surface area contributed by atoms with Gasteiger partial charge in [-0.3, -0.25) is 4.79 Å². The number of amides is 1. The summed E-state index contributed by atoms with van der Waals surface area (Å²) in [5.74, 6) is -5.40. The fourth-order valence-electron chi connectivity index (χ4n) is 0.770. The molecule has 0 aliphatic heterocycles. The van der Waals surface area contributed by atoms with Gasteiger partial charge in [0.2, 0.25) is 0 Å². The van der Waals surface area contributed by atoms with Gasteiger partial charge in [0.1, 0.15) is 0 Å². The molecule has 1 aromatic heterocycles. The molecular formula is C8H7F4NO2. The molecule has 0 unspecified atom stereocenters. The molecule has 0 radical (unpaired) electrons. The Kier molecular flexibility index (Phi) is 3.33. The standard InChI is InChI=1S/C8H7F4NO2/c9-7(10)8(11,12)4-13-6(14)5-2-1-3-15-5/h1-3,7H,4H2,(H,13,14). The average Bonchev–Trinajstić information content (AvgIpc) is 2.66. The van der Waals surface area contributed by atoms with Gasteiger partial charge in [0.25, 0.3) is 5.91 Å². The normalized spacial score (nSPS) is 11.8. The number of furan rings is 1. The molecule has 1 rings (SSSR count). The van der Waals surface area contributed by atoms with E-state index in [2.05, 4.69) is 4.42 Å². The van der Waals surface area contributed by atoms with Crippen molar-refractivity contribution in [2.24, 2.45) is 0 Å². The second-order valence-corrected chi connectivity index (χ2v) is 2.72. The van der Waals surface area contributed by atoms with E-state index in [1.165, 1.54) is 18.4 Å². The van der Waals surface area contributed by atoms with E-state index in [4.69, 9.17) is 0 Å². The Bertz CT molecular complexity index is 323. The predicted octanol–water partition coefficient (Wildman–Crippen LogP) is 1.91. The van der Waals surface area contributed by atoms with Crippen molar-refractivity contribution < 1.29 is 26.8 Å². The molecule has 1 heterocycles. The van der Waals surface area contributed by atoms with E-state index in [1.807, 2.05) is 0 Å². The summed E-state index contributed by atoms with van der Waals surface area (Å²) < 4.78 is 52.6. The maximum absolute atomic E-state index is 12.4. The molecule has 15 heavy (non-hydrogen) atoms. The number of nitrogens with one attached hydrogen (secondary N) is 1. The third kappa shape index (κ3) is 2.97. The van der Waals surface area contributed by atoms with Gasteiger partial charge in [-0.25, -0.2) is 8.78 Å². The minimum Gasteiger partial charge on any atom is -0.459 e. The monoisotopic (exact) mass is 225 g/mol. The molecule has 1 aromatic rings. The van der Waals surface area contributed by atoms with Crippen LogP contribution in [0.25, 0.3) is 0 Å². The molecule has 0 bridgehead atoms. The molecule has 0 atom stereocenters. The zero-order valence-electron chi connectivity index (χ0n) is 7.34. The number of alkyl halides is 4. The number of carbonyl (C=O) groups is 1. The van der Waals surface area contributed by atoms with Crippen LogP contribution in [0.15, 0.2) is 22.8 Å². The van der Waals surface area contributed by atoms with Crippen molar-refractivity contribution >= 4 is 5.91 Å². The molecule has 0 aliphatic carbocycles. The van der Waals surface area contributed by atoms with Crippen LogP contribution in [0.1, 0.15) is 10.6 Å². The fourth-order valence-corrected chi connectivity index (χ4v) is 0.770. The molecule has 0 aliphatic rings. The zero-order chi connectivity index (χ0) is 11.5. The van der Waals surface area contributed by atoms with Gasteiger partial charge in [0, 0.05) is 0 Å². The molecule has 0 saturated carbocycles. The summed E-state index contributed by atoms with van der Waals surface area (Å²) >= 11 is 0. The molecule has 7 heteroatoms. The van der Waals surface area contributed by atoms with Crippen molar-refractivity contribution in [1.29, 1.82) is 0 Å². The Morgan fingerprint density at radius 2 is 2.20 bits per heavy atom. The Balaban J connectivity index is 2.48. The smallest absolute Gasteiger partial charge is 0.324 e. The lowest BCUT2D eigenvalue weighted by Crippen LogP contribution is -2.41. The van der Waals surface area contributed by atoms with Crippen molar-refractivity contribution in [3.8, 4) is 0 Å². The highest BCUT2D eigenvalue weighted by atomic mass is 19.3. The first kappa shape index (κ1) is 11.5. The summed E-state index contributed by atoms with van der Waals surface area (Å²) in [6.45, 7) is -1.43. The van der Waals surface area contributed by atoms with Crippen LogP contribution in [0, 0.1) is 0 Å². The first-order chi connectivity index (χ1) is 6.93. The molecule has 0 fully saturated rings. The van der Waals surface area contributed by atoms with Crippen molar-refractivity contribution in [2.75, 3.05) is 6.54 Å². The third-order valence-electron chi connectivity index (χ3n) is 1.55. The summed E-state index contributed by atoms with van der Waals surface area (Å²) in [6, 6.07) is 2.61. The van der Waals surface area contributed by atoms with Crippen LogP contribution in [0.2, 0.25) is 0 Å². The van der Waals surface area contributed by atoms with Gasteiger partial charge >= 0.3 is 12.3 Å². The number of rotatable bonds is 4. The summed E-state index contributed by atoms with van der Waals surface area (Å²) in [6.07, 6.45) is -2.64. The van der Waals surface area contributed by atoms with Crippen LogP contribution in [0.5, 0.6) is 0 Å². The highest BCUT2D eigenvalue weighted by Crippen LogP contribution is 2.21. The number of carbonyl (C=O) groups excluding carboxylic acids is 1.